The number of nitrogens with two attached hydrogens (primary N) is 2. The van der Waals surface area contributed by atoms with Crippen LogP contribution in [0, 0.1) is 0 Å². The largest absolute Gasteiger partial charge is 0.354 e. The summed E-state index contributed by atoms with van der Waals surface area (Å²) in [7, 11) is 0. The molecular weight excluding hydrogens is 520 g/mol. The first-order valence-corrected chi connectivity index (χ1v) is 13.5. The first kappa shape index (κ1) is 30.6. The zero-order chi connectivity index (χ0) is 27.2. The zero-order valence-corrected chi connectivity index (χ0v) is 23.6. The van der Waals surface area contributed by atoms with Gasteiger partial charge in [0.15, 0.2) is 0 Å². The van der Waals surface area contributed by atoms with Crippen LogP contribution in [-0.4, -0.2) is 87.0 Å². The molecule has 1 saturated heterocycles. The second-order valence-corrected chi connectivity index (χ2v) is 10.3. The number of anilines is 1. The van der Waals surface area contributed by atoms with Crippen LogP contribution in [0.5, 0.6) is 0 Å². The van der Waals surface area contributed by atoms with E-state index in [1.54, 1.807) is 29.0 Å². The van der Waals surface area contributed by atoms with Crippen LogP contribution in [0.2, 0.25) is 0 Å². The second kappa shape index (κ2) is 13.9. The van der Waals surface area contributed by atoms with E-state index in [2.05, 4.69) is 22.1 Å². The summed E-state index contributed by atoms with van der Waals surface area (Å²) in [5, 5.41) is 2.69. The van der Waals surface area contributed by atoms with Gasteiger partial charge in [0.2, 0.25) is 5.91 Å². The number of hydrogen-bond donors (Lipinski definition) is 3. The lowest BCUT2D eigenvalue weighted by Gasteiger charge is -2.35. The molecule has 3 amide bonds. The molecule has 1 aliphatic carbocycles. The van der Waals surface area contributed by atoms with Crippen molar-refractivity contribution in [1.29, 1.82) is 0 Å². The van der Waals surface area contributed by atoms with Crippen molar-refractivity contribution in [3.05, 3.63) is 52.6 Å². The maximum Gasteiger partial charge on any atom is 0.354 e. The quantitative estimate of drug-likeness (QED) is 0.468. The lowest BCUT2D eigenvalue weighted by molar-refractivity contribution is -0.133. The van der Waals surface area contributed by atoms with Gasteiger partial charge in [0.25, 0.3) is 0 Å². The number of nitrogens with one attached hydrogen (secondary N) is 1. The van der Waals surface area contributed by atoms with E-state index >= 15 is 0 Å². The molecule has 11 nitrogen and oxygen atoms in total. The first-order valence-electron chi connectivity index (χ1n) is 13.5. The molecule has 1 aromatic heterocycles. The monoisotopic (exact) mass is 560 g/mol. The highest BCUT2D eigenvalue weighted by molar-refractivity contribution is 5.88. The number of halogens is 1. The second-order valence-electron chi connectivity index (χ2n) is 10.3. The number of hydrogen-bond acceptors (Lipinski definition) is 7. The van der Waals surface area contributed by atoms with Gasteiger partial charge in [-0.3, -0.25) is 19.6 Å². The third-order valence-electron chi connectivity index (χ3n) is 7.57. The molecule has 214 valence electrons. The molecule has 39 heavy (non-hydrogen) atoms. The normalized spacial score (nSPS) is 20.3. The number of carbonyl (C=O) groups is 2. The van der Waals surface area contributed by atoms with Crippen molar-refractivity contribution >= 4 is 30.2 Å². The minimum Gasteiger partial charge on any atom is -0.338 e. The summed E-state index contributed by atoms with van der Waals surface area (Å²) in [6.07, 6.45) is 6.06. The lowest BCUT2D eigenvalue weighted by atomic mass is 9.90. The van der Waals surface area contributed by atoms with Crippen LogP contribution in [0.25, 0.3) is 5.69 Å². The van der Waals surface area contributed by atoms with Crippen LogP contribution >= 0.6 is 12.4 Å². The van der Waals surface area contributed by atoms with Gasteiger partial charge in [-0.25, -0.2) is 9.59 Å². The minimum atomic E-state index is -0.560. The fourth-order valence-electron chi connectivity index (χ4n) is 5.24. The van der Waals surface area contributed by atoms with Gasteiger partial charge in [-0.1, -0.05) is 19.1 Å². The number of urea groups is 1. The molecule has 2 heterocycles. The lowest BCUT2D eigenvalue weighted by Crippen LogP contribution is -2.54. The Balaban J connectivity index is 0.00000420. The van der Waals surface area contributed by atoms with Crippen LogP contribution in [0.15, 0.2) is 41.3 Å². The van der Waals surface area contributed by atoms with Crippen molar-refractivity contribution in [2.45, 2.75) is 64.2 Å². The molecule has 12 heteroatoms. The van der Waals surface area contributed by atoms with Crippen LogP contribution in [0.3, 0.4) is 0 Å². The van der Waals surface area contributed by atoms with Crippen LogP contribution in [-0.2, 0) is 11.3 Å². The number of amides is 3. The smallest absolute Gasteiger partial charge is 0.338 e. The average molecular weight is 561 g/mol. The van der Waals surface area contributed by atoms with Gasteiger partial charge < -0.3 is 21.3 Å². The molecule has 4 rings (SSSR count). The van der Waals surface area contributed by atoms with Crippen LogP contribution < -0.4 is 22.5 Å². The molecule has 1 atom stereocenters. The molecule has 1 aliphatic heterocycles. The topological polar surface area (TPSA) is 143 Å². The predicted molar refractivity (Wildman–Crippen MR) is 154 cm³/mol. The maximum absolute atomic E-state index is 12.7. The molecule has 2 aliphatic rings. The fourth-order valence-corrected chi connectivity index (χ4v) is 5.24. The molecule has 0 bridgehead atoms. The molecule has 1 saturated carbocycles. The van der Waals surface area contributed by atoms with Gasteiger partial charge in [0.1, 0.15) is 5.82 Å². The van der Waals surface area contributed by atoms with Crippen molar-refractivity contribution in [1.82, 2.24) is 24.3 Å². The van der Waals surface area contributed by atoms with E-state index < -0.39 is 11.7 Å². The highest BCUT2D eigenvalue weighted by Crippen LogP contribution is 2.24. The molecule has 2 aromatic rings. The number of aromatic nitrogens is 2. The van der Waals surface area contributed by atoms with E-state index in [-0.39, 0.29) is 30.2 Å². The van der Waals surface area contributed by atoms with Gasteiger partial charge in [-0.2, -0.15) is 4.98 Å². The number of benzene rings is 1. The van der Waals surface area contributed by atoms with Crippen LogP contribution in [0.1, 0.15) is 45.1 Å². The molecule has 2 fully saturated rings. The van der Waals surface area contributed by atoms with Gasteiger partial charge in [0, 0.05) is 51.0 Å². The Kier molecular flexibility index (Phi) is 10.9. The molecule has 0 spiro atoms. The van der Waals surface area contributed by atoms with Crippen molar-refractivity contribution in [2.24, 2.45) is 11.5 Å². The first-order chi connectivity index (χ1) is 18.2. The van der Waals surface area contributed by atoms with Gasteiger partial charge >= 0.3 is 11.7 Å². The molecule has 1 unspecified atom stereocenters. The maximum atomic E-state index is 12.7. The Labute approximate surface area is 235 Å². The Morgan fingerprint density at radius 1 is 1.05 bits per heavy atom. The minimum absolute atomic E-state index is 0. The van der Waals surface area contributed by atoms with Gasteiger partial charge in [-0.15, -0.1) is 12.4 Å². The van der Waals surface area contributed by atoms with Crippen molar-refractivity contribution in [3.8, 4) is 5.69 Å². The fraction of sp³-hybridized carbons (Fsp3) is 0.556. The summed E-state index contributed by atoms with van der Waals surface area (Å²) < 4.78 is 1.46. The van der Waals surface area contributed by atoms with E-state index in [9.17, 15) is 14.4 Å². The van der Waals surface area contributed by atoms with Crippen molar-refractivity contribution < 1.29 is 9.59 Å². The number of carbonyl (C=O) groups excluding carboxylic acids is 2. The highest BCUT2D eigenvalue weighted by Gasteiger charge is 2.26. The molecule has 1 aromatic carbocycles. The van der Waals surface area contributed by atoms with Crippen molar-refractivity contribution in [2.75, 3.05) is 38.0 Å². The standard InChI is InChI=1S/C27H40N8O3.ClH/c1-3-32(22-10-6-21(29)7-11-22)18-20-4-8-23(9-5-20)35-13-12-24(31-27(35)38)30-26(37)34-16-14-33(15-17-34)25(36)19(2)28;/h4-5,8-9,12-13,19,21-22H,3,6-7,10-11,14-18,28-29H2,1-2H3,(H,30,31,37,38);1H/t19?,21-,22-;. The predicted octanol–water partition coefficient (Wildman–Crippen LogP) is 1.77. The van der Waals surface area contributed by atoms with E-state index in [1.807, 2.05) is 24.3 Å². The number of piperazine rings is 1. The number of nitrogens with zero attached hydrogens (tertiary/aromatic N) is 5. The number of rotatable bonds is 7. The molecular formula is C27H41ClN8O3. The third kappa shape index (κ3) is 7.78. The Hall–Kier alpha value is -2.99. The van der Waals surface area contributed by atoms with Gasteiger partial charge in [0.05, 0.1) is 11.7 Å². The summed E-state index contributed by atoms with van der Waals surface area (Å²) in [4.78, 5) is 47.2. The summed E-state index contributed by atoms with van der Waals surface area (Å²) in [5.74, 6) is 0.0632. The SMILES string of the molecule is CCN(Cc1ccc(-n2ccc(NC(=O)N3CCN(C(=O)C(C)N)CC3)nc2=O)cc1)[C@H]1CC[C@H](N)CC1.Cl. The van der Waals surface area contributed by atoms with Gasteiger partial charge in [-0.05, 0) is 62.9 Å². The molecule has 5 N–H and O–H groups in total. The Bertz CT molecular complexity index is 1160. The van der Waals surface area contributed by atoms with E-state index in [0.717, 1.165) is 38.8 Å². The van der Waals surface area contributed by atoms with E-state index in [0.29, 0.717) is 44.0 Å². The Morgan fingerprint density at radius 3 is 2.23 bits per heavy atom. The van der Waals surface area contributed by atoms with Crippen LogP contribution in [0.4, 0.5) is 10.6 Å². The Morgan fingerprint density at radius 2 is 1.67 bits per heavy atom. The summed E-state index contributed by atoms with van der Waals surface area (Å²) in [6.45, 7) is 7.31. The summed E-state index contributed by atoms with van der Waals surface area (Å²) >= 11 is 0. The van der Waals surface area contributed by atoms with E-state index in [1.165, 1.54) is 10.1 Å². The summed E-state index contributed by atoms with van der Waals surface area (Å²) in [6, 6.07) is 9.53. The zero-order valence-electron chi connectivity index (χ0n) is 22.8. The van der Waals surface area contributed by atoms with E-state index in [4.69, 9.17) is 11.5 Å². The molecule has 0 radical (unpaired) electrons. The van der Waals surface area contributed by atoms with Crippen molar-refractivity contribution in [3.63, 3.8) is 0 Å². The highest BCUT2D eigenvalue weighted by atomic mass is 35.5. The average Bonchev–Trinajstić information content (AvgIpc) is 2.92. The third-order valence-corrected chi connectivity index (χ3v) is 7.57. The summed E-state index contributed by atoms with van der Waals surface area (Å²) in [5.41, 5.74) is 13.2.